The molecule has 2 aromatic rings. The zero-order chi connectivity index (χ0) is 12.4. The van der Waals surface area contributed by atoms with Crippen molar-refractivity contribution < 1.29 is 4.39 Å². The van der Waals surface area contributed by atoms with Crippen molar-refractivity contribution in [3.05, 3.63) is 46.5 Å². The Kier molecular flexibility index (Phi) is 3.64. The van der Waals surface area contributed by atoms with Gasteiger partial charge in [0.2, 0.25) is 0 Å². The van der Waals surface area contributed by atoms with Gasteiger partial charge in [-0.2, -0.15) is 0 Å². The maximum atomic E-state index is 13.1. The van der Waals surface area contributed by atoms with E-state index >= 15 is 0 Å². The highest BCUT2D eigenvalue weighted by Crippen LogP contribution is 2.19. The first kappa shape index (κ1) is 12.3. The number of rotatable bonds is 3. The first-order valence-corrected chi connectivity index (χ1v) is 5.85. The fourth-order valence-electron chi connectivity index (χ4n) is 1.41. The number of aromatic nitrogens is 3. The van der Waals surface area contributed by atoms with Crippen molar-refractivity contribution in [1.82, 2.24) is 15.0 Å². The molecule has 17 heavy (non-hydrogen) atoms. The molecule has 1 aromatic carbocycles. The van der Waals surface area contributed by atoms with Crippen LogP contribution < -0.4 is 0 Å². The van der Waals surface area contributed by atoms with Crippen molar-refractivity contribution in [3.8, 4) is 0 Å². The second kappa shape index (κ2) is 5.02. The Hall–Kier alpha value is -1.13. The molecule has 0 saturated heterocycles. The molecule has 0 saturated carbocycles. The minimum Gasteiger partial charge on any atom is -0.248 e. The summed E-state index contributed by atoms with van der Waals surface area (Å²) >= 11 is 11.8. The van der Waals surface area contributed by atoms with Gasteiger partial charge in [-0.3, -0.25) is 0 Å². The summed E-state index contributed by atoms with van der Waals surface area (Å²) < 4.78 is 14.6. The van der Waals surface area contributed by atoms with E-state index in [0.717, 1.165) is 0 Å². The van der Waals surface area contributed by atoms with Crippen LogP contribution in [0.5, 0.6) is 0 Å². The van der Waals surface area contributed by atoms with Gasteiger partial charge in [0.25, 0.3) is 0 Å². The van der Waals surface area contributed by atoms with E-state index in [-0.39, 0.29) is 11.2 Å². The molecule has 0 aliphatic rings. The Labute approximate surface area is 108 Å². The van der Waals surface area contributed by atoms with Gasteiger partial charge >= 0.3 is 0 Å². The van der Waals surface area contributed by atoms with E-state index in [1.54, 1.807) is 10.9 Å². The van der Waals surface area contributed by atoms with Crippen LogP contribution in [0.3, 0.4) is 0 Å². The molecule has 0 spiro atoms. The third-order valence-corrected chi connectivity index (χ3v) is 2.90. The van der Waals surface area contributed by atoms with Gasteiger partial charge in [-0.05, 0) is 30.7 Å². The van der Waals surface area contributed by atoms with Crippen LogP contribution in [0, 0.1) is 5.82 Å². The predicted octanol–water partition coefficient (Wildman–Crippen LogP) is 3.42. The lowest BCUT2D eigenvalue weighted by atomic mass is 10.2. The standard InChI is InChI=1S/C11H10Cl2FN3/c1-7(12)11-6-17(16-15-11)5-8-4-9(14)2-3-10(8)13/h2-4,6-7H,5H2,1H3. The number of benzene rings is 1. The summed E-state index contributed by atoms with van der Waals surface area (Å²) in [5.41, 5.74) is 1.34. The van der Waals surface area contributed by atoms with Crippen LogP contribution >= 0.6 is 23.2 Å². The molecule has 1 unspecified atom stereocenters. The molecular formula is C11H10Cl2FN3. The predicted molar refractivity (Wildman–Crippen MR) is 64.8 cm³/mol. The molecule has 2 rings (SSSR count). The van der Waals surface area contributed by atoms with Crippen LogP contribution in [0.15, 0.2) is 24.4 Å². The highest BCUT2D eigenvalue weighted by Gasteiger charge is 2.08. The summed E-state index contributed by atoms with van der Waals surface area (Å²) in [6, 6.07) is 4.22. The quantitative estimate of drug-likeness (QED) is 0.803. The largest absolute Gasteiger partial charge is 0.248 e. The number of nitrogens with zero attached hydrogens (tertiary/aromatic N) is 3. The van der Waals surface area contributed by atoms with Crippen molar-refractivity contribution in [2.45, 2.75) is 18.8 Å². The molecule has 0 bridgehead atoms. The Morgan fingerprint density at radius 3 is 2.88 bits per heavy atom. The monoisotopic (exact) mass is 273 g/mol. The van der Waals surface area contributed by atoms with E-state index in [1.807, 2.05) is 6.92 Å². The fraction of sp³-hybridized carbons (Fsp3) is 0.273. The molecule has 1 heterocycles. The van der Waals surface area contributed by atoms with Gasteiger partial charge in [0, 0.05) is 5.02 Å². The smallest absolute Gasteiger partial charge is 0.123 e. The van der Waals surface area contributed by atoms with Gasteiger partial charge in [-0.25, -0.2) is 9.07 Å². The highest BCUT2D eigenvalue weighted by atomic mass is 35.5. The summed E-state index contributed by atoms with van der Waals surface area (Å²) in [6.45, 7) is 2.18. The number of hydrogen-bond donors (Lipinski definition) is 0. The lowest BCUT2D eigenvalue weighted by Crippen LogP contribution is -2.01. The lowest BCUT2D eigenvalue weighted by molar-refractivity contribution is 0.614. The van der Waals surface area contributed by atoms with Crippen molar-refractivity contribution >= 4 is 23.2 Å². The van der Waals surface area contributed by atoms with Crippen LogP contribution in [0.25, 0.3) is 0 Å². The van der Waals surface area contributed by atoms with Gasteiger partial charge in [0.15, 0.2) is 0 Å². The second-order valence-corrected chi connectivity index (χ2v) is 4.75. The lowest BCUT2D eigenvalue weighted by Gasteiger charge is -2.03. The summed E-state index contributed by atoms with van der Waals surface area (Å²) in [7, 11) is 0. The van der Waals surface area contributed by atoms with Gasteiger partial charge in [0.05, 0.1) is 18.1 Å². The van der Waals surface area contributed by atoms with Gasteiger partial charge < -0.3 is 0 Å². The molecule has 6 heteroatoms. The maximum absolute atomic E-state index is 13.1. The maximum Gasteiger partial charge on any atom is 0.123 e. The third-order valence-electron chi connectivity index (χ3n) is 2.30. The van der Waals surface area contributed by atoms with Crippen LogP contribution in [-0.2, 0) is 6.54 Å². The Balaban J connectivity index is 2.22. The minimum atomic E-state index is -0.324. The SMILES string of the molecule is CC(Cl)c1cn(Cc2cc(F)ccc2Cl)nn1. The molecule has 0 radical (unpaired) electrons. The van der Waals surface area contributed by atoms with Gasteiger partial charge in [-0.1, -0.05) is 16.8 Å². The first-order chi connectivity index (χ1) is 8.06. The van der Waals surface area contributed by atoms with E-state index in [4.69, 9.17) is 23.2 Å². The van der Waals surface area contributed by atoms with Crippen LogP contribution in [0.1, 0.15) is 23.6 Å². The van der Waals surface area contributed by atoms with Crippen LogP contribution in [0.2, 0.25) is 5.02 Å². The first-order valence-electron chi connectivity index (χ1n) is 5.04. The zero-order valence-corrected chi connectivity index (χ0v) is 10.6. The van der Waals surface area contributed by atoms with Gasteiger partial charge in [-0.15, -0.1) is 16.7 Å². The average Bonchev–Trinajstić information content (AvgIpc) is 2.72. The Bertz CT molecular complexity index is 525. The van der Waals surface area contributed by atoms with E-state index in [1.165, 1.54) is 18.2 Å². The molecule has 0 aliphatic carbocycles. The summed E-state index contributed by atoms with van der Waals surface area (Å²) in [6.07, 6.45) is 1.72. The summed E-state index contributed by atoms with van der Waals surface area (Å²) in [5, 5.41) is 8.11. The fourth-order valence-corrected chi connectivity index (χ4v) is 1.69. The molecule has 0 amide bonds. The molecule has 0 fully saturated rings. The normalized spacial score (nSPS) is 12.7. The highest BCUT2D eigenvalue weighted by molar-refractivity contribution is 6.31. The summed E-state index contributed by atoms with van der Waals surface area (Å²) in [4.78, 5) is 0. The molecule has 3 nitrogen and oxygen atoms in total. The van der Waals surface area contributed by atoms with E-state index in [2.05, 4.69) is 10.3 Å². The molecule has 1 atom stereocenters. The van der Waals surface area contributed by atoms with E-state index in [0.29, 0.717) is 22.8 Å². The second-order valence-electron chi connectivity index (χ2n) is 3.69. The van der Waals surface area contributed by atoms with E-state index in [9.17, 15) is 4.39 Å². The number of halogens is 3. The van der Waals surface area contributed by atoms with Crippen molar-refractivity contribution in [2.75, 3.05) is 0 Å². The zero-order valence-electron chi connectivity index (χ0n) is 9.07. The Morgan fingerprint density at radius 2 is 2.24 bits per heavy atom. The molecule has 90 valence electrons. The topological polar surface area (TPSA) is 30.7 Å². The molecular weight excluding hydrogens is 264 g/mol. The van der Waals surface area contributed by atoms with Crippen LogP contribution in [0.4, 0.5) is 4.39 Å². The third kappa shape index (κ3) is 2.96. The van der Waals surface area contributed by atoms with Crippen molar-refractivity contribution in [2.24, 2.45) is 0 Å². The summed E-state index contributed by atoms with van der Waals surface area (Å²) in [5.74, 6) is -0.324. The molecule has 1 aromatic heterocycles. The molecule has 0 aliphatic heterocycles. The minimum absolute atomic E-state index is 0.202. The van der Waals surface area contributed by atoms with Crippen molar-refractivity contribution in [1.29, 1.82) is 0 Å². The average molecular weight is 274 g/mol. The number of hydrogen-bond acceptors (Lipinski definition) is 2. The van der Waals surface area contributed by atoms with Gasteiger partial charge in [0.1, 0.15) is 11.5 Å². The van der Waals surface area contributed by atoms with E-state index < -0.39 is 0 Å². The Morgan fingerprint density at radius 1 is 1.47 bits per heavy atom. The van der Waals surface area contributed by atoms with Crippen molar-refractivity contribution in [3.63, 3.8) is 0 Å². The number of alkyl halides is 1. The van der Waals surface area contributed by atoms with Crippen LogP contribution in [-0.4, -0.2) is 15.0 Å². The molecule has 0 N–H and O–H groups in total.